The quantitative estimate of drug-likeness (QED) is 0.885. The van der Waals surface area contributed by atoms with E-state index in [0.717, 1.165) is 25.7 Å². The Labute approximate surface area is 112 Å². The molecule has 0 aliphatic carbocycles. The van der Waals surface area contributed by atoms with E-state index in [1.807, 2.05) is 6.07 Å². The molecule has 1 aromatic carbocycles. The topological polar surface area (TPSA) is 53.0 Å². The van der Waals surface area contributed by atoms with E-state index < -0.39 is 0 Å². The number of hydrogen-bond acceptors (Lipinski definition) is 3. The predicted octanol–water partition coefficient (Wildman–Crippen LogP) is 2.15. The van der Waals surface area contributed by atoms with Gasteiger partial charge in [0.15, 0.2) is 0 Å². The molecule has 4 heteroatoms. The number of nitrogens with two attached hydrogens (primary N) is 1. The Bertz CT molecular complexity index is 509. The summed E-state index contributed by atoms with van der Waals surface area (Å²) in [5.74, 6) is -0.362. The molecule has 0 amide bonds. The number of rotatable bonds is 2. The van der Waals surface area contributed by atoms with Gasteiger partial charge in [0.2, 0.25) is 0 Å². The first kappa shape index (κ1) is 12.6. The maximum atomic E-state index is 14.1. The Kier molecular flexibility index (Phi) is 3.26. The van der Waals surface area contributed by atoms with Crippen molar-refractivity contribution in [1.29, 1.82) is 5.26 Å². The van der Waals surface area contributed by atoms with Crippen LogP contribution in [0, 0.1) is 17.1 Å². The molecule has 2 saturated heterocycles. The zero-order valence-electron chi connectivity index (χ0n) is 10.8. The van der Waals surface area contributed by atoms with E-state index in [9.17, 15) is 4.39 Å². The third-order valence-corrected chi connectivity index (χ3v) is 4.47. The zero-order valence-corrected chi connectivity index (χ0v) is 10.8. The van der Waals surface area contributed by atoms with Crippen LogP contribution in [0.3, 0.4) is 0 Å². The number of piperidine rings is 1. The molecule has 3 nitrogen and oxygen atoms in total. The molecule has 0 spiro atoms. The highest BCUT2D eigenvalue weighted by atomic mass is 19.1. The summed E-state index contributed by atoms with van der Waals surface area (Å²) in [6, 6.07) is 8.24. The van der Waals surface area contributed by atoms with E-state index >= 15 is 0 Å². The zero-order chi connectivity index (χ0) is 13.4. The number of nitrogens with zero attached hydrogens (tertiary/aromatic N) is 2. The number of benzene rings is 1. The van der Waals surface area contributed by atoms with Gasteiger partial charge < -0.3 is 5.73 Å². The van der Waals surface area contributed by atoms with Crippen LogP contribution < -0.4 is 5.73 Å². The van der Waals surface area contributed by atoms with Crippen LogP contribution in [0.2, 0.25) is 0 Å². The molecule has 2 aliphatic heterocycles. The maximum Gasteiger partial charge on any atom is 0.145 e. The minimum atomic E-state index is -0.362. The van der Waals surface area contributed by atoms with Gasteiger partial charge in [0, 0.05) is 30.2 Å². The first-order valence-electron chi connectivity index (χ1n) is 6.88. The van der Waals surface area contributed by atoms with Gasteiger partial charge in [-0.05, 0) is 31.7 Å². The molecule has 19 heavy (non-hydrogen) atoms. The molecule has 2 aliphatic rings. The second-order valence-electron chi connectivity index (χ2n) is 5.68. The molecule has 0 aromatic heterocycles. The van der Waals surface area contributed by atoms with E-state index in [4.69, 9.17) is 11.0 Å². The SMILES string of the molecule is N#Cc1cccc(CN2C3CCC2CC(N)C3)c1F. The lowest BCUT2D eigenvalue weighted by molar-refractivity contribution is 0.118. The van der Waals surface area contributed by atoms with E-state index in [1.165, 1.54) is 6.07 Å². The molecule has 100 valence electrons. The van der Waals surface area contributed by atoms with Crippen molar-refractivity contribution in [3.05, 3.63) is 35.1 Å². The molecule has 0 radical (unpaired) electrons. The first-order chi connectivity index (χ1) is 9.19. The van der Waals surface area contributed by atoms with Crippen molar-refractivity contribution in [2.24, 2.45) is 5.73 Å². The molecule has 2 unspecified atom stereocenters. The van der Waals surface area contributed by atoms with Crippen LogP contribution in [0.1, 0.15) is 36.8 Å². The highest BCUT2D eigenvalue weighted by molar-refractivity contribution is 5.35. The van der Waals surface area contributed by atoms with Gasteiger partial charge in [-0.25, -0.2) is 4.39 Å². The fourth-order valence-electron chi connectivity index (χ4n) is 3.56. The fourth-order valence-corrected chi connectivity index (χ4v) is 3.56. The minimum Gasteiger partial charge on any atom is -0.328 e. The van der Waals surface area contributed by atoms with Gasteiger partial charge in [0.25, 0.3) is 0 Å². The van der Waals surface area contributed by atoms with Crippen molar-refractivity contribution in [2.45, 2.75) is 50.4 Å². The van der Waals surface area contributed by atoms with Gasteiger partial charge in [-0.3, -0.25) is 4.90 Å². The van der Waals surface area contributed by atoms with Crippen molar-refractivity contribution >= 4 is 0 Å². The molecule has 3 rings (SSSR count). The second-order valence-corrected chi connectivity index (χ2v) is 5.68. The lowest BCUT2D eigenvalue weighted by Gasteiger charge is -2.37. The van der Waals surface area contributed by atoms with Crippen LogP contribution in [0.5, 0.6) is 0 Å². The average molecular weight is 259 g/mol. The van der Waals surface area contributed by atoms with Gasteiger partial charge >= 0.3 is 0 Å². The molecule has 2 bridgehead atoms. The average Bonchev–Trinajstić information content (AvgIpc) is 2.64. The molecule has 2 fully saturated rings. The summed E-state index contributed by atoms with van der Waals surface area (Å²) in [6.45, 7) is 0.601. The Morgan fingerprint density at radius 2 is 2.00 bits per heavy atom. The molecule has 0 saturated carbocycles. The standard InChI is InChI=1S/C15H18FN3/c16-15-10(8-17)2-1-3-11(15)9-19-13-4-5-14(19)7-12(18)6-13/h1-3,12-14H,4-7,9,18H2. The summed E-state index contributed by atoms with van der Waals surface area (Å²) in [5.41, 5.74) is 6.81. The predicted molar refractivity (Wildman–Crippen MR) is 70.7 cm³/mol. The summed E-state index contributed by atoms with van der Waals surface area (Å²) in [7, 11) is 0. The van der Waals surface area contributed by atoms with Crippen LogP contribution in [0.4, 0.5) is 4.39 Å². The highest BCUT2D eigenvalue weighted by Crippen LogP contribution is 2.36. The Morgan fingerprint density at radius 1 is 1.32 bits per heavy atom. The first-order valence-corrected chi connectivity index (χ1v) is 6.88. The van der Waals surface area contributed by atoms with Gasteiger partial charge in [-0.15, -0.1) is 0 Å². The lowest BCUT2D eigenvalue weighted by Crippen LogP contribution is -2.46. The van der Waals surface area contributed by atoms with Crippen molar-refractivity contribution in [2.75, 3.05) is 0 Å². The number of fused-ring (bicyclic) bond motifs is 2. The summed E-state index contributed by atoms with van der Waals surface area (Å²) in [4.78, 5) is 2.38. The van der Waals surface area contributed by atoms with Crippen LogP contribution in [-0.4, -0.2) is 23.0 Å². The second kappa shape index (κ2) is 4.92. The molecule has 2 N–H and O–H groups in total. The maximum absolute atomic E-state index is 14.1. The largest absolute Gasteiger partial charge is 0.328 e. The summed E-state index contributed by atoms with van der Waals surface area (Å²) >= 11 is 0. The third-order valence-electron chi connectivity index (χ3n) is 4.47. The van der Waals surface area contributed by atoms with Gasteiger partial charge in [-0.2, -0.15) is 5.26 Å². The Balaban J connectivity index is 1.81. The van der Waals surface area contributed by atoms with Crippen LogP contribution in [0.25, 0.3) is 0 Å². The number of nitriles is 1. The normalized spacial score (nSPS) is 30.3. The fraction of sp³-hybridized carbons (Fsp3) is 0.533. The van der Waals surface area contributed by atoms with Gasteiger partial charge in [0.05, 0.1) is 5.56 Å². The van der Waals surface area contributed by atoms with Crippen molar-refractivity contribution in [1.82, 2.24) is 4.90 Å². The molecular weight excluding hydrogens is 241 g/mol. The van der Waals surface area contributed by atoms with Crippen molar-refractivity contribution in [3.8, 4) is 6.07 Å². The summed E-state index contributed by atoms with van der Waals surface area (Å²) < 4.78 is 14.1. The molecule has 2 atom stereocenters. The molecule has 1 aromatic rings. The monoisotopic (exact) mass is 259 g/mol. The molecule has 2 heterocycles. The van der Waals surface area contributed by atoms with Crippen LogP contribution >= 0.6 is 0 Å². The summed E-state index contributed by atoms with van der Waals surface area (Å²) in [5, 5.41) is 8.88. The van der Waals surface area contributed by atoms with E-state index in [2.05, 4.69) is 4.90 Å². The molecular formula is C15H18FN3. The summed E-state index contributed by atoms with van der Waals surface area (Å²) in [6.07, 6.45) is 4.35. The van der Waals surface area contributed by atoms with Crippen molar-refractivity contribution in [3.63, 3.8) is 0 Å². The smallest absolute Gasteiger partial charge is 0.145 e. The lowest BCUT2D eigenvalue weighted by atomic mass is 9.97. The van der Waals surface area contributed by atoms with Gasteiger partial charge in [0.1, 0.15) is 11.9 Å². The van der Waals surface area contributed by atoms with E-state index in [-0.39, 0.29) is 11.4 Å². The Morgan fingerprint density at radius 3 is 2.63 bits per heavy atom. The highest BCUT2D eigenvalue weighted by Gasteiger charge is 2.39. The number of halogens is 1. The third kappa shape index (κ3) is 2.24. The Hall–Kier alpha value is -1.44. The van der Waals surface area contributed by atoms with Crippen LogP contribution in [0.15, 0.2) is 18.2 Å². The van der Waals surface area contributed by atoms with E-state index in [1.54, 1.807) is 12.1 Å². The van der Waals surface area contributed by atoms with Gasteiger partial charge in [-0.1, -0.05) is 12.1 Å². The van der Waals surface area contributed by atoms with E-state index in [0.29, 0.717) is 30.2 Å². The van der Waals surface area contributed by atoms with Crippen molar-refractivity contribution < 1.29 is 4.39 Å². The minimum absolute atomic E-state index is 0.138. The van der Waals surface area contributed by atoms with Crippen LogP contribution in [-0.2, 0) is 6.54 Å². The number of hydrogen-bond donors (Lipinski definition) is 1.